The molecule has 27 heavy (non-hydrogen) atoms. The number of nitrogens with zero attached hydrogens (tertiary/aromatic N) is 2. The second-order valence-electron chi connectivity index (χ2n) is 7.07. The number of anilines is 1. The number of aromatic nitrogens is 1. The minimum absolute atomic E-state index is 1.01. The average Bonchev–Trinajstić information content (AvgIpc) is 2.98. The Kier molecular flexibility index (Phi) is 5.04. The van der Waals surface area contributed by atoms with Gasteiger partial charge < -0.3 is 4.90 Å². The summed E-state index contributed by atoms with van der Waals surface area (Å²) in [6.45, 7) is 5.43. The molecule has 4 rings (SSSR count). The molecule has 0 bridgehead atoms. The van der Waals surface area contributed by atoms with E-state index in [9.17, 15) is 0 Å². The van der Waals surface area contributed by atoms with E-state index in [0.29, 0.717) is 0 Å². The Morgan fingerprint density at radius 1 is 0.926 bits per heavy atom. The Bertz CT molecular complexity index is 969. The number of rotatable bonds is 4. The number of benzene rings is 2. The molecule has 0 radical (unpaired) electrons. The number of fused-ring (bicyclic) bond motifs is 1. The second-order valence-corrected chi connectivity index (χ2v) is 8.13. The first-order valence-electron chi connectivity index (χ1n) is 9.39. The van der Waals surface area contributed by atoms with Gasteiger partial charge in [0.2, 0.25) is 0 Å². The topological polar surface area (TPSA) is 7.12 Å². The van der Waals surface area contributed by atoms with Crippen LogP contribution in [0.2, 0.25) is 0 Å². The van der Waals surface area contributed by atoms with Gasteiger partial charge in [0.15, 0.2) is 17.9 Å². The van der Waals surface area contributed by atoms with Gasteiger partial charge in [-0.05, 0) is 29.3 Å². The van der Waals surface area contributed by atoms with Gasteiger partial charge in [0.25, 0.3) is 0 Å². The Hall–Kier alpha value is -2.52. The molecule has 0 fully saturated rings. The van der Waals surface area contributed by atoms with Crippen molar-refractivity contribution in [1.29, 1.82) is 0 Å². The Morgan fingerprint density at radius 2 is 1.59 bits per heavy atom. The maximum absolute atomic E-state index is 2.41. The van der Waals surface area contributed by atoms with Gasteiger partial charge >= 0.3 is 0 Å². The van der Waals surface area contributed by atoms with Crippen LogP contribution in [0.3, 0.4) is 0 Å². The van der Waals surface area contributed by atoms with Crippen LogP contribution in [0.15, 0.2) is 76.7 Å². The Balaban J connectivity index is 1.56. The molecule has 0 saturated carbocycles. The first kappa shape index (κ1) is 17.9. The van der Waals surface area contributed by atoms with Crippen LogP contribution in [0.5, 0.6) is 0 Å². The minimum Gasteiger partial charge on any atom is -0.338 e. The lowest BCUT2D eigenvalue weighted by atomic mass is 10.1. The van der Waals surface area contributed by atoms with Crippen molar-refractivity contribution < 1.29 is 4.57 Å². The molecule has 0 spiro atoms. The van der Waals surface area contributed by atoms with Crippen LogP contribution in [0.1, 0.15) is 22.5 Å². The number of pyridine rings is 1. The van der Waals surface area contributed by atoms with Crippen molar-refractivity contribution in [3.05, 3.63) is 94.3 Å². The minimum atomic E-state index is 1.01. The molecule has 1 aliphatic heterocycles. The molecule has 136 valence electrons. The number of para-hydroxylation sites is 1. The molecule has 0 saturated heterocycles. The maximum Gasteiger partial charge on any atom is 0.179 e. The molecule has 0 aliphatic carbocycles. The summed E-state index contributed by atoms with van der Waals surface area (Å²) in [5, 5.41) is 1.28. The molecule has 3 aromatic rings. The largest absolute Gasteiger partial charge is 0.338 e. The number of thioether (sulfide) groups is 1. The van der Waals surface area contributed by atoms with Crippen LogP contribution in [0.4, 0.5) is 5.69 Å². The molecule has 1 aliphatic rings. The lowest BCUT2D eigenvalue weighted by Crippen LogP contribution is -2.41. The lowest BCUT2D eigenvalue weighted by molar-refractivity contribution is -0.708. The van der Waals surface area contributed by atoms with Crippen molar-refractivity contribution in [2.24, 2.45) is 0 Å². The predicted molar refractivity (Wildman–Crippen MR) is 115 cm³/mol. The van der Waals surface area contributed by atoms with Gasteiger partial charge in [-0.2, -0.15) is 4.57 Å². The van der Waals surface area contributed by atoms with E-state index in [1.54, 1.807) is 0 Å². The van der Waals surface area contributed by atoms with Gasteiger partial charge in [-0.15, -0.1) is 0 Å². The summed E-state index contributed by atoms with van der Waals surface area (Å²) in [6, 6.07) is 23.9. The molecule has 2 nitrogen and oxygen atoms in total. The normalized spacial score (nSPS) is 14.6. The zero-order chi connectivity index (χ0) is 18.8. The first-order valence-corrected chi connectivity index (χ1v) is 10.2. The molecule has 0 unspecified atom stereocenters. The third kappa shape index (κ3) is 3.79. The molecule has 3 heteroatoms. The maximum atomic E-state index is 2.41. The van der Waals surface area contributed by atoms with Crippen molar-refractivity contribution in [3.8, 4) is 0 Å². The van der Waals surface area contributed by atoms with Gasteiger partial charge in [-0.25, -0.2) is 0 Å². The molecular weight excluding hydrogens is 348 g/mol. The summed E-state index contributed by atoms with van der Waals surface area (Å²) in [4.78, 5) is 3.61. The van der Waals surface area contributed by atoms with Crippen molar-refractivity contribution >= 4 is 23.5 Å². The van der Waals surface area contributed by atoms with Crippen molar-refractivity contribution in [2.75, 3.05) is 11.9 Å². The molecular formula is C24H25N2S+. The third-order valence-corrected chi connectivity index (χ3v) is 6.30. The third-order valence-electron chi connectivity index (χ3n) is 5.13. The molecule has 2 aromatic carbocycles. The molecule has 0 N–H and O–H groups in total. The van der Waals surface area contributed by atoms with E-state index in [-0.39, 0.29) is 0 Å². The quantitative estimate of drug-likeness (QED) is 0.567. The fourth-order valence-electron chi connectivity index (χ4n) is 3.67. The van der Waals surface area contributed by atoms with E-state index in [1.165, 1.54) is 38.1 Å². The van der Waals surface area contributed by atoms with Gasteiger partial charge in [-0.3, -0.25) is 0 Å². The highest BCUT2D eigenvalue weighted by atomic mass is 32.2. The van der Waals surface area contributed by atoms with Crippen molar-refractivity contribution in [1.82, 2.24) is 0 Å². The van der Waals surface area contributed by atoms with Crippen LogP contribution < -0.4 is 9.47 Å². The summed E-state index contributed by atoms with van der Waals surface area (Å²) in [5.74, 6) is 0. The van der Waals surface area contributed by atoms with Crippen LogP contribution in [0, 0.1) is 13.8 Å². The van der Waals surface area contributed by atoms with E-state index < -0.39 is 0 Å². The van der Waals surface area contributed by atoms with E-state index >= 15 is 0 Å². The van der Waals surface area contributed by atoms with Crippen LogP contribution in [-0.2, 0) is 13.0 Å². The van der Waals surface area contributed by atoms with Gasteiger partial charge in [-0.1, -0.05) is 54.2 Å². The summed E-state index contributed by atoms with van der Waals surface area (Å²) in [5.41, 5.74) is 6.55. The zero-order valence-electron chi connectivity index (χ0n) is 16.1. The zero-order valence-corrected chi connectivity index (χ0v) is 17.0. The summed E-state index contributed by atoms with van der Waals surface area (Å²) in [7, 11) is 2.15. The monoisotopic (exact) mass is 373 g/mol. The molecule has 0 amide bonds. The van der Waals surface area contributed by atoms with Crippen molar-refractivity contribution in [3.63, 3.8) is 0 Å². The first-order chi connectivity index (χ1) is 13.1. The SMILES string of the molecule is Cc1cc(C=C2Sc3ccccc3N2C)cc(C)[n+]1CCc1ccccc1. The smallest absolute Gasteiger partial charge is 0.179 e. The Morgan fingerprint density at radius 3 is 2.30 bits per heavy atom. The summed E-state index contributed by atoms with van der Waals surface area (Å²) >= 11 is 1.84. The number of hydrogen-bond donors (Lipinski definition) is 0. The van der Waals surface area contributed by atoms with Gasteiger partial charge in [0.1, 0.15) is 0 Å². The highest BCUT2D eigenvalue weighted by Crippen LogP contribution is 2.45. The molecule has 0 atom stereocenters. The highest BCUT2D eigenvalue weighted by molar-refractivity contribution is 8.03. The van der Waals surface area contributed by atoms with Crippen LogP contribution in [0.25, 0.3) is 6.08 Å². The highest BCUT2D eigenvalue weighted by Gasteiger charge is 2.21. The van der Waals surface area contributed by atoms with Gasteiger partial charge in [0.05, 0.1) is 10.7 Å². The molecule has 2 heterocycles. The van der Waals surface area contributed by atoms with E-state index in [1.807, 2.05) is 11.8 Å². The summed E-state index contributed by atoms with van der Waals surface area (Å²) < 4.78 is 2.41. The predicted octanol–water partition coefficient (Wildman–Crippen LogP) is 5.37. The Labute approximate surface area is 166 Å². The van der Waals surface area contributed by atoms with Gasteiger partial charge in [0, 0.05) is 44.3 Å². The number of hydrogen-bond acceptors (Lipinski definition) is 2. The number of aryl methyl sites for hydroxylation is 3. The van der Waals surface area contributed by atoms with Crippen molar-refractivity contribution in [2.45, 2.75) is 31.7 Å². The lowest BCUT2D eigenvalue weighted by Gasteiger charge is -2.13. The second kappa shape index (κ2) is 7.61. The van der Waals surface area contributed by atoms with E-state index in [2.05, 4.69) is 103 Å². The van der Waals surface area contributed by atoms with E-state index in [4.69, 9.17) is 0 Å². The summed E-state index contributed by atoms with van der Waals surface area (Å²) in [6.07, 6.45) is 3.35. The fourth-order valence-corrected chi connectivity index (χ4v) is 4.78. The standard InChI is InChI=1S/C24H25N2S/c1-18-15-21(17-24-25(3)22-11-7-8-12-23(22)27-24)16-19(2)26(18)14-13-20-9-5-4-6-10-20/h4-12,15-17H,13-14H2,1-3H3/q+1. The van der Waals surface area contributed by atoms with E-state index in [0.717, 1.165) is 13.0 Å². The fraction of sp³-hybridized carbons (Fsp3) is 0.208. The molecule has 1 aromatic heterocycles. The van der Waals surface area contributed by atoms with Crippen LogP contribution in [-0.4, -0.2) is 7.05 Å². The van der Waals surface area contributed by atoms with Crippen LogP contribution >= 0.6 is 11.8 Å². The average molecular weight is 374 g/mol.